The summed E-state index contributed by atoms with van der Waals surface area (Å²) in [6.07, 6.45) is 2.51. The number of likely N-dealkylation sites (tertiary alicyclic amines) is 1. The van der Waals surface area contributed by atoms with E-state index in [4.69, 9.17) is 4.42 Å². The summed E-state index contributed by atoms with van der Waals surface area (Å²) in [5.41, 5.74) is 3.25. The van der Waals surface area contributed by atoms with Crippen molar-refractivity contribution in [3.63, 3.8) is 0 Å². The molecule has 1 aromatic heterocycles. The van der Waals surface area contributed by atoms with E-state index >= 15 is 0 Å². The van der Waals surface area contributed by atoms with Crippen LogP contribution in [0.1, 0.15) is 36.6 Å². The molecule has 2 heterocycles. The molecule has 1 aliphatic heterocycles. The van der Waals surface area contributed by atoms with Gasteiger partial charge < -0.3 is 14.6 Å². The second-order valence-electron chi connectivity index (χ2n) is 7.66. The Morgan fingerprint density at radius 2 is 2.00 bits per heavy atom. The van der Waals surface area contributed by atoms with E-state index in [1.54, 1.807) is 4.90 Å². The highest BCUT2D eigenvalue weighted by Gasteiger charge is 2.34. The summed E-state index contributed by atoms with van der Waals surface area (Å²) in [4.78, 5) is 31.3. The number of carbonyl (C=O) groups is 2. The van der Waals surface area contributed by atoms with Gasteiger partial charge in [0.2, 0.25) is 11.8 Å². The van der Waals surface area contributed by atoms with Crippen molar-refractivity contribution in [2.24, 2.45) is 5.92 Å². The number of oxazole rings is 1. The second-order valence-corrected chi connectivity index (χ2v) is 7.66. The van der Waals surface area contributed by atoms with E-state index in [0.717, 1.165) is 35.4 Å². The lowest BCUT2D eigenvalue weighted by molar-refractivity contribution is -0.128. The quantitative estimate of drug-likeness (QED) is 0.738. The third-order valence-electron chi connectivity index (χ3n) is 5.40. The molecule has 2 fully saturated rings. The van der Waals surface area contributed by atoms with Crippen molar-refractivity contribution in [1.29, 1.82) is 0 Å². The number of hydrogen-bond acceptors (Lipinski definition) is 4. The number of fused-ring (bicyclic) bond motifs is 1. The van der Waals surface area contributed by atoms with Gasteiger partial charge >= 0.3 is 0 Å². The second kappa shape index (κ2) is 6.78. The van der Waals surface area contributed by atoms with Gasteiger partial charge in [0.05, 0.1) is 5.92 Å². The van der Waals surface area contributed by atoms with Crippen molar-refractivity contribution in [3.05, 3.63) is 60.0 Å². The standard InChI is InChI=1S/C22H21N3O3/c26-20-10-16(13-25(20)12-14-4-2-1-3-5-14)21(27)23-17-8-9-19-18(11-17)24-22(28-19)15-6-7-15/h1-5,8-9,11,15-16H,6-7,10,12-13H2,(H,23,27). The number of amides is 2. The summed E-state index contributed by atoms with van der Waals surface area (Å²) in [5.74, 6) is 0.785. The molecule has 6 heteroatoms. The summed E-state index contributed by atoms with van der Waals surface area (Å²) >= 11 is 0. The Morgan fingerprint density at radius 3 is 2.79 bits per heavy atom. The van der Waals surface area contributed by atoms with Gasteiger partial charge in [-0.1, -0.05) is 30.3 Å². The molecule has 142 valence electrons. The lowest BCUT2D eigenvalue weighted by Gasteiger charge is -2.16. The lowest BCUT2D eigenvalue weighted by atomic mass is 10.1. The van der Waals surface area contributed by atoms with Crippen LogP contribution in [0.25, 0.3) is 11.1 Å². The highest BCUT2D eigenvalue weighted by atomic mass is 16.3. The number of benzene rings is 2. The minimum absolute atomic E-state index is 0.0185. The molecular formula is C22H21N3O3. The Hall–Kier alpha value is -3.15. The molecule has 1 N–H and O–H groups in total. The van der Waals surface area contributed by atoms with E-state index in [1.165, 1.54) is 0 Å². The molecule has 6 nitrogen and oxygen atoms in total. The van der Waals surface area contributed by atoms with Crippen LogP contribution in [0.2, 0.25) is 0 Å². The highest BCUT2D eigenvalue weighted by molar-refractivity contribution is 5.98. The normalized spacial score (nSPS) is 19.4. The number of aromatic nitrogens is 1. The fourth-order valence-corrected chi connectivity index (χ4v) is 3.68. The van der Waals surface area contributed by atoms with E-state index in [9.17, 15) is 9.59 Å². The predicted molar refractivity (Wildman–Crippen MR) is 105 cm³/mol. The monoisotopic (exact) mass is 375 g/mol. The molecular weight excluding hydrogens is 354 g/mol. The molecule has 1 unspecified atom stereocenters. The maximum atomic E-state index is 12.7. The SMILES string of the molecule is O=C(Nc1ccc2oc(C3CC3)nc2c1)C1CC(=O)N(Cc2ccccc2)C1. The van der Waals surface area contributed by atoms with Gasteiger partial charge in [0.15, 0.2) is 11.5 Å². The van der Waals surface area contributed by atoms with Gasteiger partial charge in [0, 0.05) is 31.1 Å². The smallest absolute Gasteiger partial charge is 0.229 e. The van der Waals surface area contributed by atoms with Gasteiger partial charge in [-0.2, -0.15) is 0 Å². The fraction of sp³-hybridized carbons (Fsp3) is 0.318. The van der Waals surface area contributed by atoms with Crippen LogP contribution in [0.15, 0.2) is 52.9 Å². The Morgan fingerprint density at radius 1 is 1.18 bits per heavy atom. The largest absolute Gasteiger partial charge is 0.440 e. The first-order valence-corrected chi connectivity index (χ1v) is 9.69. The first-order chi connectivity index (χ1) is 13.7. The first-order valence-electron chi connectivity index (χ1n) is 9.69. The number of carbonyl (C=O) groups excluding carboxylic acids is 2. The fourth-order valence-electron chi connectivity index (χ4n) is 3.68. The molecule has 0 bridgehead atoms. The maximum absolute atomic E-state index is 12.7. The zero-order chi connectivity index (χ0) is 19.1. The molecule has 28 heavy (non-hydrogen) atoms. The summed E-state index contributed by atoms with van der Waals surface area (Å²) < 4.78 is 5.76. The lowest BCUT2D eigenvalue weighted by Crippen LogP contribution is -2.28. The molecule has 1 saturated heterocycles. The topological polar surface area (TPSA) is 75.4 Å². The number of rotatable bonds is 5. The van der Waals surface area contributed by atoms with E-state index in [2.05, 4.69) is 10.3 Å². The van der Waals surface area contributed by atoms with Crippen LogP contribution >= 0.6 is 0 Å². The molecule has 3 aromatic rings. The number of nitrogens with zero attached hydrogens (tertiary/aromatic N) is 2. The van der Waals surface area contributed by atoms with Crippen LogP contribution < -0.4 is 5.32 Å². The van der Waals surface area contributed by atoms with Crippen molar-refractivity contribution in [2.75, 3.05) is 11.9 Å². The Bertz CT molecular complexity index is 1040. The number of anilines is 1. The molecule has 0 radical (unpaired) electrons. The average molecular weight is 375 g/mol. The summed E-state index contributed by atoms with van der Waals surface area (Å²) in [6, 6.07) is 15.3. The number of hydrogen-bond donors (Lipinski definition) is 1. The Labute approximate surface area is 162 Å². The zero-order valence-corrected chi connectivity index (χ0v) is 15.4. The van der Waals surface area contributed by atoms with Crippen LogP contribution in [0.3, 0.4) is 0 Å². The molecule has 2 aromatic carbocycles. The van der Waals surface area contributed by atoms with Crippen LogP contribution in [0.5, 0.6) is 0 Å². The van der Waals surface area contributed by atoms with Gasteiger partial charge in [-0.25, -0.2) is 4.98 Å². The molecule has 2 aliphatic rings. The third-order valence-corrected chi connectivity index (χ3v) is 5.40. The molecule has 0 spiro atoms. The van der Waals surface area contributed by atoms with Gasteiger partial charge in [0.1, 0.15) is 5.52 Å². The Balaban J connectivity index is 1.25. The van der Waals surface area contributed by atoms with E-state index in [1.807, 2.05) is 48.5 Å². The van der Waals surface area contributed by atoms with Gasteiger partial charge in [0.25, 0.3) is 0 Å². The van der Waals surface area contributed by atoms with Gasteiger partial charge in [-0.15, -0.1) is 0 Å². The molecule has 5 rings (SSSR count). The zero-order valence-electron chi connectivity index (χ0n) is 15.4. The molecule has 1 atom stereocenters. The maximum Gasteiger partial charge on any atom is 0.229 e. The highest BCUT2D eigenvalue weighted by Crippen LogP contribution is 2.40. The Kier molecular flexibility index (Phi) is 4.11. The average Bonchev–Trinajstić information content (AvgIpc) is 3.37. The minimum atomic E-state index is -0.341. The molecule has 1 aliphatic carbocycles. The molecule has 1 saturated carbocycles. The third kappa shape index (κ3) is 3.38. The van der Waals surface area contributed by atoms with E-state index in [-0.39, 0.29) is 24.2 Å². The van der Waals surface area contributed by atoms with Gasteiger partial charge in [-0.05, 0) is 36.6 Å². The van der Waals surface area contributed by atoms with Crippen LogP contribution in [0.4, 0.5) is 5.69 Å². The van der Waals surface area contributed by atoms with Crippen LogP contribution in [-0.4, -0.2) is 28.2 Å². The summed E-state index contributed by atoms with van der Waals surface area (Å²) in [5, 5.41) is 2.94. The van der Waals surface area contributed by atoms with Crippen molar-refractivity contribution in [1.82, 2.24) is 9.88 Å². The van der Waals surface area contributed by atoms with Crippen molar-refractivity contribution in [3.8, 4) is 0 Å². The number of nitrogens with one attached hydrogen (secondary N) is 1. The van der Waals surface area contributed by atoms with E-state index in [0.29, 0.717) is 24.7 Å². The molecule has 2 amide bonds. The minimum Gasteiger partial charge on any atom is -0.440 e. The summed E-state index contributed by atoms with van der Waals surface area (Å²) in [6.45, 7) is 0.982. The predicted octanol–water partition coefficient (Wildman–Crippen LogP) is 3.69. The first kappa shape index (κ1) is 17.0. The van der Waals surface area contributed by atoms with Crippen molar-refractivity contribution in [2.45, 2.75) is 31.7 Å². The van der Waals surface area contributed by atoms with Crippen molar-refractivity contribution < 1.29 is 14.0 Å². The van der Waals surface area contributed by atoms with E-state index < -0.39 is 0 Å². The van der Waals surface area contributed by atoms with Crippen LogP contribution in [-0.2, 0) is 16.1 Å². The van der Waals surface area contributed by atoms with Crippen LogP contribution in [0, 0.1) is 5.92 Å². The van der Waals surface area contributed by atoms with Crippen molar-refractivity contribution >= 4 is 28.6 Å². The summed E-state index contributed by atoms with van der Waals surface area (Å²) in [7, 11) is 0. The van der Waals surface area contributed by atoms with Gasteiger partial charge in [-0.3, -0.25) is 9.59 Å².